The molecule has 2 heterocycles. The number of anilines is 1. The van der Waals surface area contributed by atoms with Gasteiger partial charge in [-0.25, -0.2) is 4.57 Å². The first kappa shape index (κ1) is 20.3. The summed E-state index contributed by atoms with van der Waals surface area (Å²) in [7, 11) is 0. The van der Waals surface area contributed by atoms with Crippen LogP contribution in [0.1, 0.15) is 34.2 Å². The molecule has 0 saturated heterocycles. The van der Waals surface area contributed by atoms with Crippen molar-refractivity contribution in [3.63, 3.8) is 0 Å². The van der Waals surface area contributed by atoms with E-state index in [1.54, 1.807) is 0 Å². The molecule has 0 spiro atoms. The van der Waals surface area contributed by atoms with Gasteiger partial charge in [0.05, 0.1) is 0 Å². The molecule has 32 heavy (non-hydrogen) atoms. The minimum absolute atomic E-state index is 0.898. The summed E-state index contributed by atoms with van der Waals surface area (Å²) in [5, 5.41) is 0. The minimum atomic E-state index is 0.898. The van der Waals surface area contributed by atoms with E-state index in [2.05, 4.69) is 125 Å². The Kier molecular flexibility index (Phi) is 6.11. The van der Waals surface area contributed by atoms with Gasteiger partial charge in [-0.05, 0) is 47.2 Å². The van der Waals surface area contributed by atoms with Crippen molar-refractivity contribution in [3.8, 4) is 0 Å². The highest BCUT2D eigenvalue weighted by atomic mass is 15.1. The molecular weight excluding hydrogens is 388 g/mol. The third-order valence-corrected chi connectivity index (χ3v) is 6.13. The highest BCUT2D eigenvalue weighted by Gasteiger charge is 2.17. The van der Waals surface area contributed by atoms with Crippen LogP contribution in [0.4, 0.5) is 5.69 Å². The van der Waals surface area contributed by atoms with Gasteiger partial charge in [0, 0.05) is 36.5 Å². The highest BCUT2D eigenvalue weighted by Crippen LogP contribution is 2.30. The van der Waals surface area contributed by atoms with Crippen molar-refractivity contribution in [1.29, 1.82) is 0 Å². The molecule has 0 aliphatic carbocycles. The molecule has 1 aromatic heterocycles. The predicted octanol–water partition coefficient (Wildman–Crippen LogP) is 6.15. The Morgan fingerprint density at radius 1 is 0.719 bits per heavy atom. The summed E-state index contributed by atoms with van der Waals surface area (Å²) in [5.74, 6) is 0. The average Bonchev–Trinajstić information content (AvgIpc) is 2.85. The second-order valence-electron chi connectivity index (χ2n) is 8.52. The number of benzene rings is 3. The standard InChI is InChI=1S/C30H29N2/c1-3-8-27(9-4-1)23-31-20-17-25(18-21-31)13-14-26-15-16-30-29(22-26)12-7-19-32(30)24-28-10-5-2-6-11-28/h1-6,8-11,13-18,20-22H,7,12,19,23-24H2/q+1. The Balaban J connectivity index is 1.27. The third-order valence-electron chi connectivity index (χ3n) is 6.13. The number of rotatable bonds is 6. The van der Waals surface area contributed by atoms with Crippen LogP contribution in [0.25, 0.3) is 12.2 Å². The summed E-state index contributed by atoms with van der Waals surface area (Å²) in [6.07, 6.45) is 11.1. The van der Waals surface area contributed by atoms with Gasteiger partial charge in [0.2, 0.25) is 0 Å². The Morgan fingerprint density at radius 2 is 1.41 bits per heavy atom. The van der Waals surface area contributed by atoms with E-state index >= 15 is 0 Å². The van der Waals surface area contributed by atoms with Crippen LogP contribution < -0.4 is 9.47 Å². The number of fused-ring (bicyclic) bond motifs is 1. The average molecular weight is 418 g/mol. The number of hydrogen-bond acceptors (Lipinski definition) is 1. The fourth-order valence-electron chi connectivity index (χ4n) is 4.44. The van der Waals surface area contributed by atoms with E-state index in [-0.39, 0.29) is 0 Å². The Bertz CT molecular complexity index is 1180. The van der Waals surface area contributed by atoms with Gasteiger partial charge in [-0.1, -0.05) is 78.9 Å². The molecule has 0 unspecified atom stereocenters. The number of hydrogen-bond donors (Lipinski definition) is 0. The Hall–Kier alpha value is -3.65. The molecule has 3 aromatic carbocycles. The van der Waals surface area contributed by atoms with Crippen LogP contribution in [0.5, 0.6) is 0 Å². The molecular formula is C30H29N2+. The van der Waals surface area contributed by atoms with E-state index < -0.39 is 0 Å². The van der Waals surface area contributed by atoms with Crippen molar-refractivity contribution >= 4 is 17.8 Å². The zero-order chi connectivity index (χ0) is 21.6. The maximum Gasteiger partial charge on any atom is 0.173 e. The second kappa shape index (κ2) is 9.65. The lowest BCUT2D eigenvalue weighted by atomic mass is 9.98. The van der Waals surface area contributed by atoms with Crippen LogP contribution >= 0.6 is 0 Å². The van der Waals surface area contributed by atoms with Gasteiger partial charge in [-0.2, -0.15) is 0 Å². The predicted molar refractivity (Wildman–Crippen MR) is 133 cm³/mol. The molecule has 0 radical (unpaired) electrons. The first-order valence-electron chi connectivity index (χ1n) is 11.5. The van der Waals surface area contributed by atoms with Gasteiger partial charge in [0.25, 0.3) is 0 Å². The number of aromatic nitrogens is 1. The third kappa shape index (κ3) is 4.97. The van der Waals surface area contributed by atoms with Crippen LogP contribution in [-0.4, -0.2) is 6.54 Å². The molecule has 4 aromatic rings. The van der Waals surface area contributed by atoms with E-state index in [9.17, 15) is 0 Å². The summed E-state index contributed by atoms with van der Waals surface area (Å²) >= 11 is 0. The smallest absolute Gasteiger partial charge is 0.173 e. The Morgan fingerprint density at radius 3 is 2.16 bits per heavy atom. The van der Waals surface area contributed by atoms with E-state index in [4.69, 9.17) is 0 Å². The van der Waals surface area contributed by atoms with E-state index in [1.165, 1.54) is 39.9 Å². The van der Waals surface area contributed by atoms with Gasteiger partial charge < -0.3 is 4.90 Å². The van der Waals surface area contributed by atoms with Crippen LogP contribution in [0.15, 0.2) is 103 Å². The lowest BCUT2D eigenvalue weighted by molar-refractivity contribution is -0.688. The van der Waals surface area contributed by atoms with Crippen molar-refractivity contribution in [2.75, 3.05) is 11.4 Å². The molecule has 1 aliphatic rings. The zero-order valence-corrected chi connectivity index (χ0v) is 18.4. The maximum absolute atomic E-state index is 2.52. The second-order valence-corrected chi connectivity index (χ2v) is 8.52. The van der Waals surface area contributed by atoms with Crippen LogP contribution in [-0.2, 0) is 19.5 Å². The van der Waals surface area contributed by atoms with Crippen molar-refractivity contribution in [2.24, 2.45) is 0 Å². The van der Waals surface area contributed by atoms with Crippen LogP contribution in [0, 0.1) is 0 Å². The molecule has 0 N–H and O–H groups in total. The maximum atomic E-state index is 2.52. The van der Waals surface area contributed by atoms with Crippen LogP contribution in [0.2, 0.25) is 0 Å². The summed E-state index contributed by atoms with van der Waals surface area (Å²) in [6.45, 7) is 3.01. The monoisotopic (exact) mass is 417 g/mol. The number of nitrogens with zero attached hydrogens (tertiary/aromatic N) is 2. The quantitative estimate of drug-likeness (QED) is 0.342. The summed E-state index contributed by atoms with van der Waals surface area (Å²) < 4.78 is 2.22. The topological polar surface area (TPSA) is 7.12 Å². The molecule has 0 saturated carbocycles. The molecule has 0 atom stereocenters. The SMILES string of the molecule is C(=Cc1ccc2c(c1)CCCN2Cc1ccccc1)c1cc[n+](Cc2ccccc2)cc1. The molecule has 158 valence electrons. The molecule has 0 fully saturated rings. The zero-order valence-electron chi connectivity index (χ0n) is 18.4. The van der Waals surface area contributed by atoms with Crippen molar-refractivity contribution < 1.29 is 4.57 Å². The van der Waals surface area contributed by atoms with Crippen molar-refractivity contribution in [2.45, 2.75) is 25.9 Å². The summed E-state index contributed by atoms with van der Waals surface area (Å²) in [5.41, 5.74) is 8.03. The van der Waals surface area contributed by atoms with Gasteiger partial charge >= 0.3 is 0 Å². The first-order valence-corrected chi connectivity index (χ1v) is 11.5. The summed E-state index contributed by atoms with van der Waals surface area (Å²) in [6, 6.07) is 32.6. The van der Waals surface area contributed by atoms with Gasteiger partial charge in [-0.3, -0.25) is 0 Å². The normalized spacial score (nSPS) is 13.3. The fraction of sp³-hybridized carbons (Fsp3) is 0.167. The van der Waals surface area contributed by atoms with Gasteiger partial charge in [-0.15, -0.1) is 0 Å². The van der Waals surface area contributed by atoms with Crippen LogP contribution in [0.3, 0.4) is 0 Å². The van der Waals surface area contributed by atoms with Gasteiger partial charge in [0.1, 0.15) is 0 Å². The highest BCUT2D eigenvalue weighted by molar-refractivity contribution is 5.71. The van der Waals surface area contributed by atoms with E-state index in [1.807, 2.05) is 0 Å². The molecule has 2 heteroatoms. The molecule has 5 rings (SSSR count). The minimum Gasteiger partial charge on any atom is -0.367 e. The fourth-order valence-corrected chi connectivity index (χ4v) is 4.44. The number of pyridine rings is 1. The lowest BCUT2D eigenvalue weighted by Crippen LogP contribution is -2.32. The van der Waals surface area contributed by atoms with Crippen molar-refractivity contribution in [3.05, 3.63) is 131 Å². The lowest BCUT2D eigenvalue weighted by Gasteiger charge is -2.31. The molecule has 0 bridgehead atoms. The molecule has 1 aliphatic heterocycles. The largest absolute Gasteiger partial charge is 0.367 e. The molecule has 0 amide bonds. The Labute approximate surface area is 191 Å². The van der Waals surface area contributed by atoms with Gasteiger partial charge in [0.15, 0.2) is 18.9 Å². The molecule has 2 nitrogen and oxygen atoms in total. The number of aryl methyl sites for hydroxylation is 1. The van der Waals surface area contributed by atoms with E-state index in [0.29, 0.717) is 0 Å². The summed E-state index contributed by atoms with van der Waals surface area (Å²) in [4.78, 5) is 2.52. The van der Waals surface area contributed by atoms with E-state index in [0.717, 1.165) is 26.1 Å². The first-order chi connectivity index (χ1) is 15.8. The van der Waals surface area contributed by atoms with Crippen molar-refractivity contribution in [1.82, 2.24) is 0 Å².